The predicted octanol–water partition coefficient (Wildman–Crippen LogP) is 3.58. The zero-order valence-electron chi connectivity index (χ0n) is 11.8. The number of benzene rings is 2. The monoisotopic (exact) mass is 330 g/mol. The average Bonchev–Trinajstić information content (AvgIpc) is 2.54. The van der Waals surface area contributed by atoms with Crippen molar-refractivity contribution in [2.45, 2.75) is 0 Å². The van der Waals surface area contributed by atoms with Crippen molar-refractivity contribution in [3.05, 3.63) is 63.8 Å². The topological polar surface area (TPSA) is 76.7 Å². The Bertz CT molecular complexity index is 945. The third-order valence-electron chi connectivity index (χ3n) is 3.21. The van der Waals surface area contributed by atoms with Gasteiger partial charge in [0.1, 0.15) is 5.58 Å². The molecule has 3 aromatic rings. The lowest BCUT2D eigenvalue weighted by atomic mass is 10.1. The third kappa shape index (κ3) is 2.91. The highest BCUT2D eigenvalue weighted by atomic mass is 35.5. The van der Waals surface area contributed by atoms with Crippen molar-refractivity contribution in [2.75, 3.05) is 6.61 Å². The number of hydrogen-bond acceptors (Lipinski definition) is 4. The molecule has 0 saturated carbocycles. The molecule has 1 N–H and O–H groups in total. The van der Waals surface area contributed by atoms with Gasteiger partial charge < -0.3 is 14.3 Å². The van der Waals surface area contributed by atoms with Gasteiger partial charge in [-0.05, 0) is 24.3 Å². The van der Waals surface area contributed by atoms with Crippen molar-refractivity contribution in [3.8, 4) is 17.1 Å². The molecule has 1 heterocycles. The number of carboxylic acid groups (broad SMARTS) is 1. The molecular weight excluding hydrogens is 320 g/mol. The van der Waals surface area contributed by atoms with Crippen molar-refractivity contribution in [2.24, 2.45) is 0 Å². The van der Waals surface area contributed by atoms with Crippen molar-refractivity contribution in [3.63, 3.8) is 0 Å². The number of carboxylic acids is 1. The first-order valence-electron chi connectivity index (χ1n) is 6.73. The van der Waals surface area contributed by atoms with Crippen molar-refractivity contribution < 1.29 is 19.1 Å². The Balaban J connectivity index is 2.30. The molecule has 0 radical (unpaired) electrons. The number of halogens is 1. The number of para-hydroxylation sites is 1. The second-order valence-corrected chi connectivity index (χ2v) is 5.16. The highest BCUT2D eigenvalue weighted by Gasteiger charge is 2.20. The fraction of sp³-hybridized carbons (Fsp3) is 0.0588. The van der Waals surface area contributed by atoms with Crippen molar-refractivity contribution in [1.82, 2.24) is 0 Å². The van der Waals surface area contributed by atoms with E-state index in [1.807, 2.05) is 0 Å². The van der Waals surface area contributed by atoms with Gasteiger partial charge in [-0.25, -0.2) is 4.79 Å². The average molecular weight is 331 g/mol. The number of rotatable bonds is 4. The van der Waals surface area contributed by atoms with E-state index in [1.54, 1.807) is 48.5 Å². The first kappa shape index (κ1) is 15.1. The summed E-state index contributed by atoms with van der Waals surface area (Å²) in [6.45, 7) is -0.652. The Morgan fingerprint density at radius 1 is 1.13 bits per heavy atom. The van der Waals surface area contributed by atoms with Crippen LogP contribution >= 0.6 is 11.6 Å². The minimum absolute atomic E-state index is 0.112. The van der Waals surface area contributed by atoms with Gasteiger partial charge in [-0.1, -0.05) is 35.9 Å². The van der Waals surface area contributed by atoms with E-state index >= 15 is 0 Å². The van der Waals surface area contributed by atoms with Crippen LogP contribution in [0.2, 0.25) is 5.02 Å². The maximum Gasteiger partial charge on any atom is 0.341 e. The summed E-state index contributed by atoms with van der Waals surface area (Å²) in [6.07, 6.45) is 0. The Hall–Kier alpha value is -2.79. The van der Waals surface area contributed by atoms with Gasteiger partial charge in [0.25, 0.3) is 0 Å². The summed E-state index contributed by atoms with van der Waals surface area (Å²) in [5, 5.41) is 9.49. The molecule has 0 amide bonds. The molecule has 1 aromatic heterocycles. The molecule has 0 aliphatic carbocycles. The number of fused-ring (bicyclic) bond motifs is 1. The van der Waals surface area contributed by atoms with E-state index in [9.17, 15) is 9.59 Å². The molecule has 0 aliphatic heterocycles. The molecule has 2 aromatic carbocycles. The minimum atomic E-state index is -1.19. The Labute approximate surface area is 135 Å². The van der Waals surface area contributed by atoms with Crippen LogP contribution in [0.1, 0.15) is 0 Å². The lowest BCUT2D eigenvalue weighted by molar-refractivity contribution is -0.139. The number of aliphatic carboxylic acids is 1. The molecule has 0 saturated heterocycles. The number of hydrogen-bond donors (Lipinski definition) is 1. The predicted molar refractivity (Wildman–Crippen MR) is 86.1 cm³/mol. The SMILES string of the molecule is O=C(O)COc1c(-c2ccccc2Cl)oc2ccccc2c1=O. The minimum Gasteiger partial charge on any atom is -0.479 e. The van der Waals surface area contributed by atoms with Gasteiger partial charge in [-0.3, -0.25) is 4.79 Å². The summed E-state index contributed by atoms with van der Waals surface area (Å²) in [7, 11) is 0. The van der Waals surface area contributed by atoms with Crippen LogP contribution in [0.3, 0.4) is 0 Å². The van der Waals surface area contributed by atoms with E-state index in [0.717, 1.165) is 0 Å². The van der Waals surface area contributed by atoms with Crippen molar-refractivity contribution >= 4 is 28.5 Å². The van der Waals surface area contributed by atoms with Crippen molar-refractivity contribution in [1.29, 1.82) is 0 Å². The molecule has 3 rings (SSSR count). The summed E-state index contributed by atoms with van der Waals surface area (Å²) in [4.78, 5) is 23.4. The Morgan fingerprint density at radius 2 is 1.83 bits per heavy atom. The maximum atomic E-state index is 12.6. The van der Waals surface area contributed by atoms with Crippen LogP contribution in [0.25, 0.3) is 22.3 Å². The van der Waals surface area contributed by atoms with E-state index in [4.69, 9.17) is 25.9 Å². The molecule has 5 nitrogen and oxygen atoms in total. The second kappa shape index (κ2) is 6.14. The van der Waals surface area contributed by atoms with Crippen LogP contribution in [0.5, 0.6) is 5.75 Å². The fourth-order valence-corrected chi connectivity index (χ4v) is 2.43. The molecule has 0 aliphatic rings. The van der Waals surface area contributed by atoms with Crippen LogP contribution < -0.4 is 10.2 Å². The Morgan fingerprint density at radius 3 is 2.57 bits per heavy atom. The molecule has 0 atom stereocenters. The zero-order chi connectivity index (χ0) is 16.4. The normalized spacial score (nSPS) is 10.7. The lowest BCUT2D eigenvalue weighted by Gasteiger charge is -2.11. The van der Waals surface area contributed by atoms with Crippen LogP contribution in [-0.4, -0.2) is 17.7 Å². The molecule has 23 heavy (non-hydrogen) atoms. The van der Waals surface area contributed by atoms with Gasteiger partial charge in [-0.2, -0.15) is 0 Å². The molecule has 0 unspecified atom stereocenters. The fourth-order valence-electron chi connectivity index (χ4n) is 2.21. The first-order chi connectivity index (χ1) is 11.1. The highest BCUT2D eigenvalue weighted by molar-refractivity contribution is 6.33. The van der Waals surface area contributed by atoms with Crippen LogP contribution in [0.15, 0.2) is 57.7 Å². The molecule has 116 valence electrons. The molecular formula is C17H11ClO5. The van der Waals surface area contributed by atoms with E-state index in [1.165, 1.54) is 0 Å². The van der Waals surface area contributed by atoms with E-state index in [0.29, 0.717) is 21.6 Å². The molecule has 6 heteroatoms. The standard InChI is InChI=1S/C17H11ClO5/c18-12-7-3-1-5-10(12)16-17(22-9-14(19)20)15(21)11-6-2-4-8-13(11)23-16/h1-8H,9H2,(H,19,20). The van der Waals surface area contributed by atoms with Gasteiger partial charge in [0, 0.05) is 5.56 Å². The summed E-state index contributed by atoms with van der Waals surface area (Å²) < 4.78 is 11.0. The molecule has 0 fully saturated rings. The van der Waals surface area contributed by atoms with E-state index in [2.05, 4.69) is 0 Å². The summed E-state index contributed by atoms with van der Waals surface area (Å²) in [6, 6.07) is 13.5. The smallest absolute Gasteiger partial charge is 0.341 e. The quantitative estimate of drug-likeness (QED) is 0.791. The zero-order valence-corrected chi connectivity index (χ0v) is 12.5. The third-order valence-corrected chi connectivity index (χ3v) is 3.54. The first-order valence-corrected chi connectivity index (χ1v) is 7.11. The largest absolute Gasteiger partial charge is 0.479 e. The van der Waals surface area contributed by atoms with Gasteiger partial charge in [-0.15, -0.1) is 0 Å². The number of ether oxygens (including phenoxy) is 1. The van der Waals surface area contributed by atoms with E-state index in [-0.39, 0.29) is 11.5 Å². The van der Waals surface area contributed by atoms with Gasteiger partial charge >= 0.3 is 5.97 Å². The second-order valence-electron chi connectivity index (χ2n) is 4.75. The van der Waals surface area contributed by atoms with Crippen LogP contribution in [0.4, 0.5) is 0 Å². The summed E-state index contributed by atoms with van der Waals surface area (Å²) in [5.74, 6) is -1.25. The summed E-state index contributed by atoms with van der Waals surface area (Å²) in [5.41, 5.74) is 0.385. The van der Waals surface area contributed by atoms with Gasteiger partial charge in [0.05, 0.1) is 10.4 Å². The highest BCUT2D eigenvalue weighted by Crippen LogP contribution is 2.35. The van der Waals surface area contributed by atoms with Crippen LogP contribution in [-0.2, 0) is 4.79 Å². The van der Waals surface area contributed by atoms with Gasteiger partial charge in [0.15, 0.2) is 12.4 Å². The van der Waals surface area contributed by atoms with E-state index < -0.39 is 18.0 Å². The molecule has 0 spiro atoms. The summed E-state index contributed by atoms with van der Waals surface area (Å²) >= 11 is 6.16. The lowest BCUT2D eigenvalue weighted by Crippen LogP contribution is -2.16. The maximum absolute atomic E-state index is 12.6. The number of carbonyl (C=O) groups is 1. The Kier molecular flexibility index (Phi) is 4.04. The van der Waals surface area contributed by atoms with Crippen LogP contribution in [0, 0.1) is 0 Å². The molecule has 0 bridgehead atoms. The van der Waals surface area contributed by atoms with Gasteiger partial charge in [0.2, 0.25) is 11.2 Å².